The topological polar surface area (TPSA) is 32.3 Å². The van der Waals surface area contributed by atoms with Gasteiger partial charge in [-0.2, -0.15) is 25.3 Å². The van der Waals surface area contributed by atoms with Crippen molar-refractivity contribution in [3.05, 3.63) is 0 Å². The molecule has 0 fully saturated rings. The van der Waals surface area contributed by atoms with Gasteiger partial charge in [0, 0.05) is 37.7 Å². The van der Waals surface area contributed by atoms with E-state index in [1.807, 2.05) is 13.8 Å². The summed E-state index contributed by atoms with van der Waals surface area (Å²) in [5, 5.41) is 3.24. The predicted octanol–water partition coefficient (Wildman–Crippen LogP) is 1.35. The average Bonchev–Trinajstić information content (AvgIpc) is 2.26. The van der Waals surface area contributed by atoms with E-state index in [2.05, 4.69) is 35.5 Å². The molecule has 0 unspecified atom stereocenters. The molecule has 3 nitrogen and oxygen atoms in total. The van der Waals surface area contributed by atoms with Gasteiger partial charge in [0.2, 0.25) is 0 Å². The highest BCUT2D eigenvalue weighted by molar-refractivity contribution is 7.80. The third-order valence-corrected chi connectivity index (χ3v) is 2.18. The highest BCUT2D eigenvalue weighted by atomic mass is 32.1. The highest BCUT2D eigenvalue weighted by Gasteiger charge is 2.05. The van der Waals surface area contributed by atoms with Crippen LogP contribution in [0.1, 0.15) is 20.8 Å². The van der Waals surface area contributed by atoms with Gasteiger partial charge >= 0.3 is 0 Å². The number of nitrogens with one attached hydrogen (secondary N) is 1. The molecule has 0 aliphatic rings. The van der Waals surface area contributed by atoms with E-state index < -0.39 is 0 Å². The van der Waals surface area contributed by atoms with Crippen molar-refractivity contribution in [2.24, 2.45) is 0 Å². The van der Waals surface area contributed by atoms with Crippen LogP contribution in [0, 0.1) is 0 Å². The van der Waals surface area contributed by atoms with Crippen molar-refractivity contribution in [2.75, 3.05) is 44.2 Å². The van der Waals surface area contributed by atoms with Crippen LogP contribution >= 0.6 is 25.3 Å². The van der Waals surface area contributed by atoms with Gasteiger partial charge in [-0.15, -0.1) is 0 Å². The lowest BCUT2D eigenvalue weighted by Crippen LogP contribution is -2.36. The van der Waals surface area contributed by atoms with E-state index in [9.17, 15) is 4.79 Å². The Bertz CT molecular complexity index is 157. The van der Waals surface area contributed by atoms with Gasteiger partial charge in [0.05, 0.1) is 6.54 Å². The SMILES string of the molecule is CC.CC(=O)CN(CCS)CCNCCS. The first kappa shape index (κ1) is 18.6. The molecule has 0 aromatic heterocycles. The van der Waals surface area contributed by atoms with Gasteiger partial charge in [0.15, 0.2) is 0 Å². The fraction of sp³-hybridized carbons (Fsp3) is 0.909. The number of carbonyl (C=O) groups is 1. The first-order valence-corrected chi connectivity index (χ1v) is 7.11. The molecule has 0 radical (unpaired) electrons. The third-order valence-electron chi connectivity index (χ3n) is 1.76. The third kappa shape index (κ3) is 14.3. The zero-order valence-corrected chi connectivity index (χ0v) is 12.5. The van der Waals surface area contributed by atoms with Crippen LogP contribution in [0.25, 0.3) is 0 Å². The molecule has 0 amide bonds. The molecule has 0 saturated carbocycles. The maximum absolute atomic E-state index is 10.9. The number of hydrogen-bond acceptors (Lipinski definition) is 5. The fourth-order valence-corrected chi connectivity index (χ4v) is 1.61. The highest BCUT2D eigenvalue weighted by Crippen LogP contribution is 1.89. The number of thiol groups is 2. The number of hydrogen-bond donors (Lipinski definition) is 3. The van der Waals surface area contributed by atoms with Gasteiger partial charge in [-0.05, 0) is 6.92 Å². The van der Waals surface area contributed by atoms with Gasteiger partial charge in [0.1, 0.15) is 5.78 Å². The Morgan fingerprint density at radius 3 is 2.19 bits per heavy atom. The second-order valence-electron chi connectivity index (χ2n) is 3.18. The van der Waals surface area contributed by atoms with Crippen molar-refractivity contribution in [2.45, 2.75) is 20.8 Å². The molecule has 0 atom stereocenters. The second kappa shape index (κ2) is 15.3. The van der Waals surface area contributed by atoms with Crippen molar-refractivity contribution in [1.82, 2.24) is 10.2 Å². The van der Waals surface area contributed by atoms with Gasteiger partial charge in [-0.3, -0.25) is 9.69 Å². The fourth-order valence-electron chi connectivity index (χ4n) is 1.17. The Kier molecular flexibility index (Phi) is 17.8. The van der Waals surface area contributed by atoms with Crippen molar-refractivity contribution in [3.63, 3.8) is 0 Å². The second-order valence-corrected chi connectivity index (χ2v) is 4.07. The summed E-state index contributed by atoms with van der Waals surface area (Å²) in [5.41, 5.74) is 0. The van der Waals surface area contributed by atoms with Crippen molar-refractivity contribution in [3.8, 4) is 0 Å². The maximum atomic E-state index is 10.9. The molecule has 0 bridgehead atoms. The first-order valence-electron chi connectivity index (χ1n) is 5.85. The molecule has 98 valence electrons. The molecular formula is C11H26N2OS2. The summed E-state index contributed by atoms with van der Waals surface area (Å²) < 4.78 is 0. The normalized spacial score (nSPS) is 9.88. The van der Waals surface area contributed by atoms with E-state index in [1.54, 1.807) is 6.92 Å². The van der Waals surface area contributed by atoms with Crippen LogP contribution in [0.4, 0.5) is 0 Å². The first-order chi connectivity index (χ1) is 7.70. The zero-order valence-electron chi connectivity index (χ0n) is 10.7. The molecule has 0 rings (SSSR count). The van der Waals surface area contributed by atoms with E-state index in [0.29, 0.717) is 6.54 Å². The molecule has 0 saturated heterocycles. The van der Waals surface area contributed by atoms with Crippen LogP contribution in [0.5, 0.6) is 0 Å². The molecular weight excluding hydrogens is 240 g/mol. The Morgan fingerprint density at radius 1 is 1.12 bits per heavy atom. The Balaban J connectivity index is 0. The number of rotatable bonds is 9. The van der Waals surface area contributed by atoms with Crippen LogP contribution in [0.3, 0.4) is 0 Å². The molecule has 0 spiro atoms. The lowest BCUT2D eigenvalue weighted by atomic mass is 10.3. The van der Waals surface area contributed by atoms with E-state index in [4.69, 9.17) is 0 Å². The summed E-state index contributed by atoms with van der Waals surface area (Å²) in [5.74, 6) is 1.85. The van der Waals surface area contributed by atoms with Crippen LogP contribution in [0.2, 0.25) is 0 Å². The monoisotopic (exact) mass is 266 g/mol. The van der Waals surface area contributed by atoms with Crippen LogP contribution in [0.15, 0.2) is 0 Å². The minimum Gasteiger partial charge on any atom is -0.315 e. The van der Waals surface area contributed by atoms with Gasteiger partial charge < -0.3 is 5.32 Å². The Morgan fingerprint density at radius 2 is 1.75 bits per heavy atom. The van der Waals surface area contributed by atoms with Crippen molar-refractivity contribution >= 4 is 31.0 Å². The minimum atomic E-state index is 0.209. The van der Waals surface area contributed by atoms with Crippen molar-refractivity contribution < 1.29 is 4.79 Å². The predicted molar refractivity (Wildman–Crippen MR) is 79.0 cm³/mol. The van der Waals surface area contributed by atoms with E-state index >= 15 is 0 Å². The largest absolute Gasteiger partial charge is 0.315 e. The quantitative estimate of drug-likeness (QED) is 0.435. The van der Waals surface area contributed by atoms with E-state index in [-0.39, 0.29) is 5.78 Å². The molecule has 0 aliphatic heterocycles. The van der Waals surface area contributed by atoms with Crippen LogP contribution in [-0.4, -0.2) is 54.9 Å². The van der Waals surface area contributed by atoms with Gasteiger partial charge in [0.25, 0.3) is 0 Å². The van der Waals surface area contributed by atoms with Crippen LogP contribution in [-0.2, 0) is 4.79 Å². The summed E-state index contributed by atoms with van der Waals surface area (Å²) in [6.45, 7) is 9.73. The van der Waals surface area contributed by atoms with E-state index in [1.165, 1.54) is 0 Å². The number of ketones is 1. The molecule has 0 aliphatic carbocycles. The summed E-state index contributed by atoms with van der Waals surface area (Å²) in [4.78, 5) is 13.0. The summed E-state index contributed by atoms with van der Waals surface area (Å²) in [7, 11) is 0. The van der Waals surface area contributed by atoms with E-state index in [0.717, 1.165) is 37.7 Å². The molecule has 1 N–H and O–H groups in total. The van der Waals surface area contributed by atoms with Crippen LogP contribution < -0.4 is 5.32 Å². The summed E-state index contributed by atoms with van der Waals surface area (Å²) in [6, 6.07) is 0. The standard InChI is InChI=1S/C9H20N2OS2.C2H6/c1-9(12)8-11(5-7-14)4-2-10-3-6-13;1-2/h10,13-14H,2-8H2,1H3;1-2H3. The van der Waals surface area contributed by atoms with Gasteiger partial charge in [-0.1, -0.05) is 13.8 Å². The number of carbonyl (C=O) groups excluding carboxylic acids is 1. The van der Waals surface area contributed by atoms with Crippen molar-refractivity contribution in [1.29, 1.82) is 0 Å². The lowest BCUT2D eigenvalue weighted by Gasteiger charge is -2.19. The molecule has 0 aromatic rings. The zero-order chi connectivity index (χ0) is 12.8. The number of Topliss-reactive ketones (excluding diaryl/α,β-unsaturated/α-hetero) is 1. The molecule has 5 heteroatoms. The molecule has 16 heavy (non-hydrogen) atoms. The minimum absolute atomic E-state index is 0.209. The Hall–Kier alpha value is 0.290. The van der Waals surface area contributed by atoms with Gasteiger partial charge in [-0.25, -0.2) is 0 Å². The molecule has 0 aromatic carbocycles. The summed E-state index contributed by atoms with van der Waals surface area (Å²) >= 11 is 8.26. The smallest absolute Gasteiger partial charge is 0.143 e. The summed E-state index contributed by atoms with van der Waals surface area (Å²) in [6.07, 6.45) is 0. The average molecular weight is 266 g/mol. The lowest BCUT2D eigenvalue weighted by molar-refractivity contribution is -0.118. The Labute approximate surface area is 111 Å². The maximum Gasteiger partial charge on any atom is 0.143 e. The number of nitrogens with zero attached hydrogens (tertiary/aromatic N) is 1. The molecule has 0 heterocycles.